The van der Waals surface area contributed by atoms with Gasteiger partial charge in [0.15, 0.2) is 12.5 Å². The first-order chi connectivity index (χ1) is 25.4. The first-order valence-electron chi connectivity index (χ1n) is 17.1. The number of methoxy groups -OCH3 is 1. The number of hydrogen-bond acceptors (Lipinski definition) is 8. The number of nitrogens with one attached hydrogen (secondary N) is 2. The van der Waals surface area contributed by atoms with E-state index in [2.05, 4.69) is 10.6 Å². The summed E-state index contributed by atoms with van der Waals surface area (Å²) in [6.45, 7) is 0.200. The summed E-state index contributed by atoms with van der Waals surface area (Å²) in [7, 11) is 1.30. The number of carbonyl (C=O) groups is 2. The Labute approximate surface area is 307 Å². The van der Waals surface area contributed by atoms with Crippen LogP contribution in [0.2, 0.25) is 0 Å². The van der Waals surface area contributed by atoms with Crippen molar-refractivity contribution < 1.29 is 33.6 Å². The van der Waals surface area contributed by atoms with E-state index in [1.165, 1.54) is 25.1 Å². The molecule has 2 amide bonds. The van der Waals surface area contributed by atoms with Gasteiger partial charge in [-0.15, -0.1) is 0 Å². The summed E-state index contributed by atoms with van der Waals surface area (Å²) < 4.78 is 18.8. The van der Waals surface area contributed by atoms with Crippen molar-refractivity contribution in [3.05, 3.63) is 161 Å². The Bertz CT molecular complexity index is 1930. The number of nitrogens with zero attached hydrogens (tertiary/aromatic N) is 1. The molecule has 10 nitrogen and oxygen atoms in total. The minimum absolute atomic E-state index is 0.0353. The van der Waals surface area contributed by atoms with Crippen molar-refractivity contribution in [1.29, 1.82) is 0 Å². The average Bonchev–Trinajstić information content (AvgIpc) is 3.19. The van der Waals surface area contributed by atoms with E-state index in [9.17, 15) is 19.9 Å². The summed E-state index contributed by atoms with van der Waals surface area (Å²) in [6, 6.07) is 37.0. The molecular formula is C41H41N3O7S. The maximum absolute atomic E-state index is 12.9. The molecule has 1 fully saturated rings. The molecule has 3 N–H and O–H groups in total. The highest BCUT2D eigenvalue weighted by Gasteiger charge is 2.33. The van der Waals surface area contributed by atoms with Crippen LogP contribution in [0, 0.1) is 5.21 Å². The number of pyridine rings is 1. The highest BCUT2D eigenvalue weighted by molar-refractivity contribution is 7.99. The molecular weight excluding hydrogens is 679 g/mol. The summed E-state index contributed by atoms with van der Waals surface area (Å²) in [5, 5.41) is 28.1. The molecule has 268 valence electrons. The van der Waals surface area contributed by atoms with E-state index in [4.69, 9.17) is 14.2 Å². The molecule has 1 aromatic heterocycles. The molecule has 1 saturated heterocycles. The molecule has 1 aliphatic rings. The van der Waals surface area contributed by atoms with Gasteiger partial charge >= 0.3 is 12.0 Å². The number of hydrogen-bond donors (Lipinski definition) is 3. The van der Waals surface area contributed by atoms with Gasteiger partial charge in [0.1, 0.15) is 6.04 Å². The van der Waals surface area contributed by atoms with E-state index in [-0.39, 0.29) is 25.4 Å². The Morgan fingerprint density at radius 2 is 1.60 bits per heavy atom. The van der Waals surface area contributed by atoms with Crippen LogP contribution < -0.4 is 15.4 Å². The fourth-order valence-electron chi connectivity index (χ4n) is 6.07. The monoisotopic (exact) mass is 719 g/mol. The number of rotatable bonds is 13. The zero-order chi connectivity index (χ0) is 36.3. The third kappa shape index (κ3) is 9.56. The van der Waals surface area contributed by atoms with Gasteiger partial charge in [-0.1, -0.05) is 115 Å². The maximum atomic E-state index is 12.9. The fourth-order valence-corrected chi connectivity index (χ4v) is 7.01. The SMILES string of the molecule is COC(=O)[C@H](Cc1ccccc1)NC(=O)NCc1ccccc1-c1ccc([C@H]2O[C@@H](CSc3cccc[n+]3[O-])C[C@@H](c3ccc(CO)cc3)O2)cc1. The maximum Gasteiger partial charge on any atom is 0.328 e. The zero-order valence-electron chi connectivity index (χ0n) is 28.7. The standard InChI is InChI=1S/C41H41N3O7S/c1-49-39(46)36(23-28-9-3-2-4-10-28)43-41(47)42-25-33-11-5-6-12-35(33)30-18-20-32(21-19-30)40-50-34(27-52-38-13-7-8-22-44(38)48)24-37(51-40)31-16-14-29(26-45)15-17-31/h2-22,34,36-37,40,45H,23-27H2,1H3,(H2,42,43,47)/t34-,36+,37+,40+/m1/s1. The predicted molar refractivity (Wildman–Crippen MR) is 198 cm³/mol. The van der Waals surface area contributed by atoms with E-state index in [0.717, 1.165) is 43.7 Å². The van der Waals surface area contributed by atoms with Crippen LogP contribution in [0.1, 0.15) is 46.6 Å². The summed E-state index contributed by atoms with van der Waals surface area (Å²) in [6.07, 6.45) is 1.30. The number of thioether (sulfide) groups is 1. The third-order valence-electron chi connectivity index (χ3n) is 8.84. The molecule has 2 heterocycles. The number of aliphatic hydroxyl groups excluding tert-OH is 1. The molecule has 0 spiro atoms. The van der Waals surface area contributed by atoms with Crippen molar-refractivity contribution in [3.8, 4) is 11.1 Å². The van der Waals surface area contributed by atoms with Crippen molar-refractivity contribution in [2.24, 2.45) is 0 Å². The second-order valence-corrected chi connectivity index (χ2v) is 13.4. The van der Waals surface area contributed by atoms with E-state index >= 15 is 0 Å². The lowest BCUT2D eigenvalue weighted by atomic mass is 9.98. The second-order valence-electron chi connectivity index (χ2n) is 12.4. The van der Waals surface area contributed by atoms with Crippen LogP contribution in [0.3, 0.4) is 0 Å². The Balaban J connectivity index is 1.14. The number of esters is 1. The molecule has 0 bridgehead atoms. The molecule has 4 aromatic carbocycles. The lowest BCUT2D eigenvalue weighted by Gasteiger charge is -2.36. The molecule has 52 heavy (non-hydrogen) atoms. The van der Waals surface area contributed by atoms with Gasteiger partial charge in [-0.2, -0.15) is 4.73 Å². The smallest absolute Gasteiger partial charge is 0.328 e. The molecule has 6 rings (SSSR count). The van der Waals surface area contributed by atoms with Crippen molar-refractivity contribution in [3.63, 3.8) is 0 Å². The number of urea groups is 1. The molecule has 0 saturated carbocycles. The molecule has 0 unspecified atom stereocenters. The van der Waals surface area contributed by atoms with Gasteiger partial charge in [-0.25, -0.2) is 9.59 Å². The molecule has 11 heteroatoms. The van der Waals surface area contributed by atoms with Crippen LogP contribution in [0.5, 0.6) is 0 Å². The fraction of sp³-hybridized carbons (Fsp3) is 0.244. The number of ether oxygens (including phenoxy) is 3. The number of aliphatic hydroxyl groups is 1. The summed E-state index contributed by atoms with van der Waals surface area (Å²) in [5.41, 5.74) is 6.34. The van der Waals surface area contributed by atoms with Gasteiger partial charge in [0.25, 0.3) is 5.03 Å². The minimum atomic E-state index is -0.835. The van der Waals surface area contributed by atoms with Crippen LogP contribution in [0.25, 0.3) is 11.1 Å². The van der Waals surface area contributed by atoms with Crippen molar-refractivity contribution in [2.45, 2.75) is 55.6 Å². The predicted octanol–water partition coefficient (Wildman–Crippen LogP) is 6.40. The molecule has 0 radical (unpaired) electrons. The third-order valence-corrected chi connectivity index (χ3v) is 10.00. The lowest BCUT2D eigenvalue weighted by Crippen LogP contribution is -2.47. The largest absolute Gasteiger partial charge is 0.618 e. The first-order valence-corrected chi connectivity index (χ1v) is 18.0. The number of carbonyl (C=O) groups excluding carboxylic acids is 2. The van der Waals surface area contributed by atoms with Crippen molar-refractivity contribution in [2.75, 3.05) is 12.9 Å². The quantitative estimate of drug-likeness (QED) is 0.0552. The number of amides is 2. The van der Waals surface area contributed by atoms with Gasteiger partial charge in [-0.05, 0) is 39.4 Å². The summed E-state index contributed by atoms with van der Waals surface area (Å²) in [4.78, 5) is 25.4. The van der Waals surface area contributed by atoms with E-state index in [1.807, 2.05) is 109 Å². The lowest BCUT2D eigenvalue weighted by molar-refractivity contribution is -0.645. The van der Waals surface area contributed by atoms with Gasteiger partial charge in [-0.3, -0.25) is 0 Å². The normalized spacial score (nSPS) is 17.5. The Morgan fingerprint density at radius 1 is 0.885 bits per heavy atom. The second kappa shape index (κ2) is 17.8. The first kappa shape index (κ1) is 36.6. The Hall–Kier alpha value is -5.20. The molecule has 5 aromatic rings. The van der Waals surface area contributed by atoms with Gasteiger partial charge in [0.2, 0.25) is 0 Å². The summed E-state index contributed by atoms with van der Waals surface area (Å²) in [5.74, 6) is 0.0453. The van der Waals surface area contributed by atoms with Crippen molar-refractivity contribution in [1.82, 2.24) is 10.6 Å². The van der Waals surface area contributed by atoms with E-state index < -0.39 is 24.3 Å². The van der Waals surface area contributed by atoms with Gasteiger partial charge in [0.05, 0.1) is 25.9 Å². The Kier molecular flexibility index (Phi) is 12.5. The topological polar surface area (TPSA) is 133 Å². The minimum Gasteiger partial charge on any atom is -0.618 e. The average molecular weight is 720 g/mol. The van der Waals surface area contributed by atoms with Crippen LogP contribution in [0.15, 0.2) is 133 Å². The number of benzene rings is 4. The van der Waals surface area contributed by atoms with Gasteiger partial charge < -0.3 is 35.2 Å². The zero-order valence-corrected chi connectivity index (χ0v) is 29.5. The van der Waals surface area contributed by atoms with Crippen LogP contribution in [0.4, 0.5) is 4.79 Å². The van der Waals surface area contributed by atoms with Gasteiger partial charge in [0, 0.05) is 42.8 Å². The highest BCUT2D eigenvalue weighted by Crippen LogP contribution is 2.40. The molecule has 1 aliphatic heterocycles. The number of aromatic nitrogens is 1. The molecule has 0 aliphatic carbocycles. The van der Waals surface area contributed by atoms with E-state index in [0.29, 0.717) is 23.6 Å². The Morgan fingerprint density at radius 3 is 2.33 bits per heavy atom. The van der Waals surface area contributed by atoms with Crippen LogP contribution in [-0.4, -0.2) is 42.1 Å². The summed E-state index contributed by atoms with van der Waals surface area (Å²) >= 11 is 1.45. The van der Waals surface area contributed by atoms with Crippen LogP contribution >= 0.6 is 11.8 Å². The van der Waals surface area contributed by atoms with Crippen LogP contribution in [-0.2, 0) is 38.6 Å². The van der Waals surface area contributed by atoms with E-state index in [1.54, 1.807) is 12.1 Å². The van der Waals surface area contributed by atoms with Crippen molar-refractivity contribution >= 4 is 23.8 Å². The molecule has 4 atom stereocenters. The highest BCUT2D eigenvalue weighted by atomic mass is 32.2.